The van der Waals surface area contributed by atoms with Gasteiger partial charge >= 0.3 is 11.9 Å². The maximum Gasteiger partial charge on any atom is 0.337 e. The zero-order chi connectivity index (χ0) is 28.1. The maximum atomic E-state index is 13.3. The molecule has 1 atom stereocenters. The van der Waals surface area contributed by atoms with Crippen molar-refractivity contribution in [2.45, 2.75) is 111 Å². The lowest BCUT2D eigenvalue weighted by atomic mass is 9.80. The normalized spacial score (nSPS) is 15.5. The quantitative estimate of drug-likeness (QED) is 0.104. The highest BCUT2D eigenvalue weighted by atomic mass is 16.6. The first kappa shape index (κ1) is 31.1. The van der Waals surface area contributed by atoms with Gasteiger partial charge in [0.2, 0.25) is 0 Å². The van der Waals surface area contributed by atoms with Gasteiger partial charge in [-0.1, -0.05) is 76.8 Å². The molecule has 0 saturated heterocycles. The van der Waals surface area contributed by atoms with Crippen LogP contribution in [0, 0.1) is 10.1 Å². The fraction of sp³-hybridized carbons (Fsp3) is 0.600. The number of hydrogen-bond donors (Lipinski definition) is 1. The Morgan fingerprint density at radius 1 is 0.921 bits per heavy atom. The van der Waals surface area contributed by atoms with Gasteiger partial charge in [0.15, 0.2) is 0 Å². The van der Waals surface area contributed by atoms with Crippen molar-refractivity contribution in [1.29, 1.82) is 0 Å². The number of carbonyl (C=O) groups excluding carboxylic acids is 2. The summed E-state index contributed by atoms with van der Waals surface area (Å²) in [5.41, 5.74) is 1.94. The molecule has 1 heterocycles. The molecule has 0 bridgehead atoms. The van der Waals surface area contributed by atoms with Crippen molar-refractivity contribution in [2.75, 3.05) is 6.61 Å². The van der Waals surface area contributed by atoms with E-state index in [0.717, 1.165) is 19.3 Å². The molecule has 1 unspecified atom stereocenters. The van der Waals surface area contributed by atoms with Gasteiger partial charge in [-0.15, -0.1) is 0 Å². The van der Waals surface area contributed by atoms with E-state index in [2.05, 4.69) is 12.2 Å². The largest absolute Gasteiger partial charge is 0.462 e. The summed E-state index contributed by atoms with van der Waals surface area (Å²) >= 11 is 0. The van der Waals surface area contributed by atoms with Crippen molar-refractivity contribution in [3.05, 3.63) is 62.5 Å². The van der Waals surface area contributed by atoms with Crippen molar-refractivity contribution in [1.82, 2.24) is 5.32 Å². The molecule has 38 heavy (non-hydrogen) atoms. The molecule has 8 nitrogen and oxygen atoms in total. The van der Waals surface area contributed by atoms with E-state index < -0.39 is 22.8 Å². The molecule has 0 aromatic heterocycles. The summed E-state index contributed by atoms with van der Waals surface area (Å²) in [5.74, 6) is -1.96. The van der Waals surface area contributed by atoms with Gasteiger partial charge in [-0.25, -0.2) is 9.59 Å². The van der Waals surface area contributed by atoms with Gasteiger partial charge in [-0.3, -0.25) is 10.1 Å². The molecule has 0 radical (unpaired) electrons. The molecular weight excluding hydrogens is 484 g/mol. The number of allylic oxidation sites excluding steroid dienone is 2. The summed E-state index contributed by atoms with van der Waals surface area (Å²) in [6.07, 6.45) is 11.4. The summed E-state index contributed by atoms with van der Waals surface area (Å²) in [6, 6.07) is 6.02. The van der Waals surface area contributed by atoms with Gasteiger partial charge in [-0.2, -0.15) is 0 Å². The lowest BCUT2D eigenvalue weighted by molar-refractivity contribution is -0.384. The van der Waals surface area contributed by atoms with Crippen LogP contribution in [0.4, 0.5) is 5.69 Å². The van der Waals surface area contributed by atoms with Crippen LogP contribution in [0.5, 0.6) is 0 Å². The van der Waals surface area contributed by atoms with Crippen LogP contribution < -0.4 is 5.32 Å². The van der Waals surface area contributed by atoms with Gasteiger partial charge in [0.1, 0.15) is 0 Å². The number of carbonyl (C=O) groups is 2. The molecular formula is C30H44N2O6. The minimum atomic E-state index is -0.845. The number of esters is 2. The number of dihydropyridines is 1. The molecule has 0 aliphatic carbocycles. The Bertz CT molecular complexity index is 1030. The summed E-state index contributed by atoms with van der Waals surface area (Å²) in [6.45, 7) is 9.47. The average molecular weight is 529 g/mol. The van der Waals surface area contributed by atoms with Crippen LogP contribution in [0.25, 0.3) is 0 Å². The minimum absolute atomic E-state index is 0.119. The van der Waals surface area contributed by atoms with E-state index in [1.807, 2.05) is 0 Å². The summed E-state index contributed by atoms with van der Waals surface area (Å²) in [5, 5.41) is 14.6. The van der Waals surface area contributed by atoms with Crippen molar-refractivity contribution in [2.24, 2.45) is 0 Å². The molecule has 8 heteroatoms. The van der Waals surface area contributed by atoms with Crippen LogP contribution in [0.3, 0.4) is 0 Å². The van der Waals surface area contributed by atoms with Crippen LogP contribution in [0.2, 0.25) is 0 Å². The molecule has 1 N–H and O–H groups in total. The van der Waals surface area contributed by atoms with E-state index in [4.69, 9.17) is 9.47 Å². The van der Waals surface area contributed by atoms with Gasteiger partial charge in [0.25, 0.3) is 5.69 Å². The van der Waals surface area contributed by atoms with Crippen LogP contribution in [0.1, 0.15) is 110 Å². The van der Waals surface area contributed by atoms with Crippen LogP contribution >= 0.6 is 0 Å². The fourth-order valence-electron chi connectivity index (χ4n) is 4.80. The highest BCUT2D eigenvalue weighted by Gasteiger charge is 2.38. The molecule has 0 fully saturated rings. The Balaban J connectivity index is 2.11. The first-order chi connectivity index (χ1) is 18.2. The zero-order valence-electron chi connectivity index (χ0n) is 23.6. The second-order valence-electron chi connectivity index (χ2n) is 10.3. The Kier molecular flexibility index (Phi) is 13.0. The van der Waals surface area contributed by atoms with Crippen LogP contribution in [-0.4, -0.2) is 29.6 Å². The number of nitro groups is 1. The second kappa shape index (κ2) is 15.9. The predicted octanol–water partition coefficient (Wildman–Crippen LogP) is 7.25. The molecule has 0 spiro atoms. The highest BCUT2D eigenvalue weighted by Crippen LogP contribution is 2.40. The van der Waals surface area contributed by atoms with E-state index >= 15 is 0 Å². The third-order valence-electron chi connectivity index (χ3n) is 6.69. The molecule has 0 amide bonds. The average Bonchev–Trinajstić information content (AvgIpc) is 2.86. The van der Waals surface area contributed by atoms with Gasteiger partial charge in [0, 0.05) is 23.5 Å². The number of nitrogens with one attached hydrogen (secondary N) is 1. The lowest BCUT2D eigenvalue weighted by Gasteiger charge is -2.30. The Morgan fingerprint density at radius 3 is 2.03 bits per heavy atom. The van der Waals surface area contributed by atoms with E-state index in [1.165, 1.54) is 57.1 Å². The number of unbranched alkanes of at least 4 members (excludes halogenated alkanes) is 9. The lowest BCUT2D eigenvalue weighted by Crippen LogP contribution is -2.33. The number of benzene rings is 1. The van der Waals surface area contributed by atoms with Crippen molar-refractivity contribution < 1.29 is 24.0 Å². The number of ether oxygens (including phenoxy) is 2. The van der Waals surface area contributed by atoms with Gasteiger partial charge in [-0.05, 0) is 39.7 Å². The minimum Gasteiger partial charge on any atom is -0.462 e. The van der Waals surface area contributed by atoms with E-state index in [9.17, 15) is 19.7 Å². The summed E-state index contributed by atoms with van der Waals surface area (Å²) < 4.78 is 11.1. The first-order valence-electron chi connectivity index (χ1n) is 14.0. The number of rotatable bonds is 16. The topological polar surface area (TPSA) is 108 Å². The molecule has 2 rings (SSSR count). The third kappa shape index (κ3) is 9.30. The van der Waals surface area contributed by atoms with Crippen LogP contribution in [-0.2, 0) is 19.1 Å². The predicted molar refractivity (Wildman–Crippen MR) is 148 cm³/mol. The van der Waals surface area contributed by atoms with E-state index in [1.54, 1.807) is 39.8 Å². The first-order valence-corrected chi connectivity index (χ1v) is 14.0. The van der Waals surface area contributed by atoms with E-state index in [-0.39, 0.29) is 29.5 Å². The fourth-order valence-corrected chi connectivity index (χ4v) is 4.80. The zero-order valence-corrected chi connectivity index (χ0v) is 23.6. The number of non-ortho nitro benzene ring substituents is 1. The smallest absolute Gasteiger partial charge is 0.337 e. The highest BCUT2D eigenvalue weighted by molar-refractivity contribution is 6.00. The Labute approximate surface area is 227 Å². The van der Waals surface area contributed by atoms with Crippen molar-refractivity contribution >= 4 is 17.6 Å². The molecule has 1 aliphatic heterocycles. The van der Waals surface area contributed by atoms with Crippen molar-refractivity contribution in [3.8, 4) is 0 Å². The molecule has 1 aliphatic rings. The van der Waals surface area contributed by atoms with Crippen LogP contribution in [0.15, 0.2) is 46.8 Å². The summed E-state index contributed by atoms with van der Waals surface area (Å²) in [4.78, 5) is 37.4. The second-order valence-corrected chi connectivity index (χ2v) is 10.3. The maximum absolute atomic E-state index is 13.3. The van der Waals surface area contributed by atoms with E-state index in [0.29, 0.717) is 17.0 Å². The Hall–Kier alpha value is -3.16. The number of hydrogen-bond acceptors (Lipinski definition) is 7. The molecule has 1 aromatic carbocycles. The monoisotopic (exact) mass is 528 g/mol. The number of nitrogens with zero attached hydrogens (tertiary/aromatic N) is 1. The number of nitro benzene ring substituents is 1. The van der Waals surface area contributed by atoms with Gasteiger partial charge in [0.05, 0.1) is 34.7 Å². The molecule has 1 aromatic rings. The van der Waals surface area contributed by atoms with Gasteiger partial charge < -0.3 is 14.8 Å². The molecule has 0 saturated carbocycles. The molecule has 210 valence electrons. The van der Waals surface area contributed by atoms with Crippen molar-refractivity contribution in [3.63, 3.8) is 0 Å². The third-order valence-corrected chi connectivity index (χ3v) is 6.69. The summed E-state index contributed by atoms with van der Waals surface area (Å²) in [7, 11) is 0. The SMILES string of the molecule is CCCCCCCCCCCCOC(=O)C1=C(C)NC(C)=C(C(=O)OC(C)C)C1c1cccc([N+](=O)[O-])c1. The Morgan fingerprint density at radius 2 is 1.47 bits per heavy atom. The standard InChI is InChI=1S/C30H44N2O6/c1-6-7-8-9-10-11-12-13-14-15-19-37-29(33)26-22(4)31-23(5)27(30(34)38-21(2)3)28(26)24-17-16-18-25(20-24)32(35)36/h16-18,20-21,28,31H,6-15,19H2,1-5H3.